The summed E-state index contributed by atoms with van der Waals surface area (Å²) in [6, 6.07) is 17.2. The smallest absolute Gasteiger partial charge is 0.255 e. The van der Waals surface area contributed by atoms with E-state index >= 15 is 0 Å². The number of hydrogen-bond acceptors (Lipinski definition) is 3. The number of nitrogens with zero attached hydrogens (tertiary/aromatic N) is 2. The lowest BCUT2D eigenvalue weighted by molar-refractivity contribution is 0.102. The summed E-state index contributed by atoms with van der Waals surface area (Å²) in [7, 11) is 0. The van der Waals surface area contributed by atoms with Gasteiger partial charge in [-0.25, -0.2) is 4.98 Å². The molecule has 5 nitrogen and oxygen atoms in total. The van der Waals surface area contributed by atoms with E-state index in [4.69, 9.17) is 0 Å². The van der Waals surface area contributed by atoms with Crippen molar-refractivity contribution in [3.8, 4) is 11.4 Å². The molecule has 0 unspecified atom stereocenters. The van der Waals surface area contributed by atoms with E-state index in [0.29, 0.717) is 11.3 Å². The number of hydrogen-bond donors (Lipinski definition) is 2. The van der Waals surface area contributed by atoms with Crippen molar-refractivity contribution >= 4 is 22.6 Å². The molecule has 25 heavy (non-hydrogen) atoms. The van der Waals surface area contributed by atoms with Gasteiger partial charge in [-0.05, 0) is 37.3 Å². The van der Waals surface area contributed by atoms with E-state index in [0.717, 1.165) is 22.4 Å². The van der Waals surface area contributed by atoms with E-state index in [1.54, 1.807) is 24.5 Å². The Labute approximate surface area is 144 Å². The third-order valence-electron chi connectivity index (χ3n) is 4.01. The zero-order chi connectivity index (χ0) is 17.2. The van der Waals surface area contributed by atoms with Crippen molar-refractivity contribution in [3.05, 3.63) is 78.1 Å². The molecular weight excluding hydrogens is 312 g/mol. The maximum Gasteiger partial charge on any atom is 0.255 e. The molecule has 2 heterocycles. The van der Waals surface area contributed by atoms with E-state index in [1.165, 1.54) is 5.56 Å². The van der Waals surface area contributed by atoms with Crippen LogP contribution in [0.3, 0.4) is 0 Å². The first-order valence-corrected chi connectivity index (χ1v) is 7.97. The van der Waals surface area contributed by atoms with Gasteiger partial charge in [-0.1, -0.05) is 29.8 Å². The Hall–Kier alpha value is -3.47. The van der Waals surface area contributed by atoms with Crippen LogP contribution in [0.2, 0.25) is 0 Å². The largest absolute Gasteiger partial charge is 0.338 e. The number of rotatable bonds is 3. The molecule has 0 radical (unpaired) electrons. The first-order valence-electron chi connectivity index (χ1n) is 7.97. The van der Waals surface area contributed by atoms with Gasteiger partial charge in [0.25, 0.3) is 5.91 Å². The average molecular weight is 328 g/mol. The topological polar surface area (TPSA) is 70.7 Å². The summed E-state index contributed by atoms with van der Waals surface area (Å²) in [5.74, 6) is 0.646. The Balaban J connectivity index is 1.62. The molecule has 0 saturated heterocycles. The summed E-state index contributed by atoms with van der Waals surface area (Å²) in [5.41, 5.74) is 5.26. The van der Waals surface area contributed by atoms with Gasteiger partial charge in [-0.2, -0.15) is 0 Å². The fraction of sp³-hybridized carbons (Fsp3) is 0.0500. The molecule has 0 aliphatic heterocycles. The van der Waals surface area contributed by atoms with Crippen LogP contribution in [-0.2, 0) is 0 Å². The number of aromatic amines is 1. The van der Waals surface area contributed by atoms with Crippen molar-refractivity contribution < 1.29 is 4.79 Å². The number of carbonyl (C=O) groups excluding carboxylic acids is 1. The average Bonchev–Trinajstić information content (AvgIpc) is 3.06. The molecule has 1 amide bonds. The second kappa shape index (κ2) is 6.20. The van der Waals surface area contributed by atoms with Gasteiger partial charge in [0.05, 0.1) is 11.0 Å². The molecule has 2 aromatic carbocycles. The van der Waals surface area contributed by atoms with Crippen LogP contribution in [0.1, 0.15) is 15.9 Å². The van der Waals surface area contributed by atoms with E-state index in [2.05, 4.69) is 39.3 Å². The van der Waals surface area contributed by atoms with Crippen molar-refractivity contribution in [2.24, 2.45) is 0 Å². The highest BCUT2D eigenvalue weighted by Crippen LogP contribution is 2.23. The molecule has 2 N–H and O–H groups in total. The summed E-state index contributed by atoms with van der Waals surface area (Å²) in [6.07, 6.45) is 3.20. The first kappa shape index (κ1) is 15.1. The number of nitrogens with one attached hydrogen (secondary N) is 2. The van der Waals surface area contributed by atoms with Gasteiger partial charge >= 0.3 is 0 Å². The number of amides is 1. The molecule has 4 rings (SSSR count). The molecule has 122 valence electrons. The lowest BCUT2D eigenvalue weighted by Crippen LogP contribution is -2.11. The minimum absolute atomic E-state index is 0.167. The Morgan fingerprint density at radius 3 is 2.52 bits per heavy atom. The maximum absolute atomic E-state index is 12.2. The highest BCUT2D eigenvalue weighted by atomic mass is 16.1. The lowest BCUT2D eigenvalue weighted by atomic mass is 10.1. The van der Waals surface area contributed by atoms with E-state index in [1.807, 2.05) is 30.3 Å². The Morgan fingerprint density at radius 1 is 1.00 bits per heavy atom. The van der Waals surface area contributed by atoms with E-state index in [-0.39, 0.29) is 5.91 Å². The Kier molecular flexibility index (Phi) is 3.74. The van der Waals surface area contributed by atoms with Gasteiger partial charge in [-0.15, -0.1) is 0 Å². The second-order valence-electron chi connectivity index (χ2n) is 5.87. The predicted molar refractivity (Wildman–Crippen MR) is 98.5 cm³/mol. The van der Waals surface area contributed by atoms with Crippen LogP contribution in [0.5, 0.6) is 0 Å². The van der Waals surface area contributed by atoms with Crippen molar-refractivity contribution in [1.82, 2.24) is 15.0 Å². The van der Waals surface area contributed by atoms with Gasteiger partial charge in [-0.3, -0.25) is 9.78 Å². The van der Waals surface area contributed by atoms with E-state index < -0.39 is 0 Å². The number of pyridine rings is 1. The van der Waals surface area contributed by atoms with Crippen LogP contribution in [-0.4, -0.2) is 20.9 Å². The second-order valence-corrected chi connectivity index (χ2v) is 5.87. The van der Waals surface area contributed by atoms with Crippen LogP contribution < -0.4 is 5.32 Å². The van der Waals surface area contributed by atoms with Gasteiger partial charge in [0, 0.05) is 29.2 Å². The number of H-pyrrole nitrogens is 1. The minimum Gasteiger partial charge on any atom is -0.338 e. The van der Waals surface area contributed by atoms with Crippen LogP contribution in [0, 0.1) is 6.92 Å². The maximum atomic E-state index is 12.2. The molecular formula is C20H16N4O. The third kappa shape index (κ3) is 3.12. The fourth-order valence-electron chi connectivity index (χ4n) is 2.64. The number of benzene rings is 2. The fourth-order valence-corrected chi connectivity index (χ4v) is 2.64. The first-order chi connectivity index (χ1) is 12.2. The SMILES string of the molecule is Cc1ccc(-c2nc3ccc(NC(=O)c4ccncc4)cc3[nH]2)cc1. The van der Waals surface area contributed by atoms with Crippen molar-refractivity contribution in [3.63, 3.8) is 0 Å². The standard InChI is InChI=1S/C20H16N4O/c1-13-2-4-14(5-3-13)19-23-17-7-6-16(12-18(17)24-19)22-20(25)15-8-10-21-11-9-15/h2-12H,1H3,(H,22,25)(H,23,24). The molecule has 4 aromatic rings. The van der Waals surface area contributed by atoms with Gasteiger partial charge in [0.1, 0.15) is 5.82 Å². The quantitative estimate of drug-likeness (QED) is 0.592. The van der Waals surface area contributed by atoms with Crippen molar-refractivity contribution in [1.29, 1.82) is 0 Å². The zero-order valence-electron chi connectivity index (χ0n) is 13.7. The number of carbonyl (C=O) groups is 1. The Morgan fingerprint density at radius 2 is 1.76 bits per heavy atom. The molecule has 2 aromatic heterocycles. The summed E-state index contributed by atoms with van der Waals surface area (Å²) in [4.78, 5) is 24.1. The van der Waals surface area contributed by atoms with Gasteiger partial charge in [0.15, 0.2) is 0 Å². The third-order valence-corrected chi connectivity index (χ3v) is 4.01. The molecule has 0 saturated carbocycles. The van der Waals surface area contributed by atoms with Gasteiger partial charge < -0.3 is 10.3 Å². The highest BCUT2D eigenvalue weighted by Gasteiger charge is 2.09. The van der Waals surface area contributed by atoms with E-state index in [9.17, 15) is 4.79 Å². The molecule has 0 bridgehead atoms. The zero-order valence-corrected chi connectivity index (χ0v) is 13.7. The molecule has 0 atom stereocenters. The molecule has 0 spiro atoms. The molecule has 0 fully saturated rings. The number of anilines is 1. The minimum atomic E-state index is -0.167. The lowest BCUT2D eigenvalue weighted by Gasteiger charge is -2.04. The van der Waals surface area contributed by atoms with Crippen LogP contribution in [0.25, 0.3) is 22.4 Å². The summed E-state index contributed by atoms with van der Waals surface area (Å²) in [6.45, 7) is 2.06. The number of aryl methyl sites for hydroxylation is 1. The number of aromatic nitrogens is 3. The van der Waals surface area contributed by atoms with Crippen LogP contribution in [0.15, 0.2) is 67.0 Å². The summed E-state index contributed by atoms with van der Waals surface area (Å²) >= 11 is 0. The van der Waals surface area contributed by atoms with Crippen molar-refractivity contribution in [2.45, 2.75) is 6.92 Å². The number of imidazole rings is 1. The summed E-state index contributed by atoms with van der Waals surface area (Å²) < 4.78 is 0. The normalized spacial score (nSPS) is 10.8. The molecule has 0 aliphatic rings. The predicted octanol–water partition coefficient (Wildman–Crippen LogP) is 4.19. The van der Waals surface area contributed by atoms with Crippen LogP contribution in [0.4, 0.5) is 5.69 Å². The molecule has 5 heteroatoms. The van der Waals surface area contributed by atoms with Crippen molar-refractivity contribution in [2.75, 3.05) is 5.32 Å². The number of fused-ring (bicyclic) bond motifs is 1. The monoisotopic (exact) mass is 328 g/mol. The Bertz CT molecular complexity index is 1040. The highest BCUT2D eigenvalue weighted by molar-refractivity contribution is 6.04. The molecule has 0 aliphatic carbocycles. The summed E-state index contributed by atoms with van der Waals surface area (Å²) in [5, 5.41) is 2.89. The van der Waals surface area contributed by atoms with Crippen LogP contribution >= 0.6 is 0 Å². The van der Waals surface area contributed by atoms with Gasteiger partial charge in [0.2, 0.25) is 0 Å².